The number of aliphatic hydroxyl groups excluding tert-OH is 2. The van der Waals surface area contributed by atoms with Gasteiger partial charge < -0.3 is 20.3 Å². The highest BCUT2D eigenvalue weighted by molar-refractivity contribution is 5.76. The van der Waals surface area contributed by atoms with Gasteiger partial charge in [0.2, 0.25) is 5.91 Å². The van der Waals surface area contributed by atoms with Crippen LogP contribution in [0.3, 0.4) is 0 Å². The monoisotopic (exact) mass is 1230 g/mol. The van der Waals surface area contributed by atoms with Gasteiger partial charge >= 0.3 is 5.97 Å². The molecule has 0 heterocycles. The van der Waals surface area contributed by atoms with Crippen LogP contribution in [0.1, 0.15) is 470 Å². The Kier molecular flexibility index (Phi) is 75.8. The highest BCUT2D eigenvalue weighted by atomic mass is 16.5. The number of ether oxygens (including phenoxy) is 1. The predicted molar refractivity (Wildman–Crippen MR) is 384 cm³/mol. The van der Waals surface area contributed by atoms with Gasteiger partial charge in [-0.3, -0.25) is 9.59 Å². The molecule has 0 radical (unpaired) electrons. The van der Waals surface area contributed by atoms with Crippen molar-refractivity contribution >= 4 is 11.9 Å². The Labute approximate surface area is 546 Å². The van der Waals surface area contributed by atoms with E-state index in [0.29, 0.717) is 19.4 Å². The Morgan fingerprint density at radius 1 is 0.310 bits per heavy atom. The van der Waals surface area contributed by atoms with Gasteiger partial charge in [0.05, 0.1) is 25.4 Å². The topological polar surface area (TPSA) is 95.9 Å². The van der Waals surface area contributed by atoms with Crippen molar-refractivity contribution < 1.29 is 24.5 Å². The fraction of sp³-hybridized carbons (Fsp3) is 0.951. The third kappa shape index (κ3) is 73.5. The van der Waals surface area contributed by atoms with E-state index >= 15 is 0 Å². The van der Waals surface area contributed by atoms with Crippen molar-refractivity contribution in [2.45, 2.75) is 482 Å². The molecule has 1 amide bonds. The number of hydrogen-bond donors (Lipinski definition) is 3. The van der Waals surface area contributed by atoms with Gasteiger partial charge in [-0.1, -0.05) is 437 Å². The van der Waals surface area contributed by atoms with Gasteiger partial charge in [-0.15, -0.1) is 0 Å². The van der Waals surface area contributed by atoms with Gasteiger partial charge in [0, 0.05) is 12.8 Å². The summed E-state index contributed by atoms with van der Waals surface area (Å²) in [7, 11) is 0. The van der Waals surface area contributed by atoms with Crippen LogP contribution in [0.2, 0.25) is 0 Å². The number of carbonyl (C=O) groups excluding carboxylic acids is 2. The molecule has 2 unspecified atom stereocenters. The molecule has 0 aromatic rings. The number of amides is 1. The third-order valence-corrected chi connectivity index (χ3v) is 19.3. The Bertz CT molecular complexity index is 1320. The first-order valence-corrected chi connectivity index (χ1v) is 40.5. The molecule has 0 saturated carbocycles. The van der Waals surface area contributed by atoms with E-state index in [0.717, 1.165) is 38.5 Å². The minimum atomic E-state index is -0.840. The first kappa shape index (κ1) is 85.6. The molecular formula is C81H159NO5. The number of esters is 1. The minimum absolute atomic E-state index is 0.0281. The van der Waals surface area contributed by atoms with E-state index in [-0.39, 0.29) is 18.5 Å². The lowest BCUT2D eigenvalue weighted by atomic mass is 10.0. The van der Waals surface area contributed by atoms with Gasteiger partial charge in [-0.2, -0.15) is 0 Å². The van der Waals surface area contributed by atoms with Gasteiger partial charge in [-0.05, 0) is 32.1 Å². The van der Waals surface area contributed by atoms with Gasteiger partial charge in [0.15, 0.2) is 0 Å². The van der Waals surface area contributed by atoms with Crippen molar-refractivity contribution in [1.29, 1.82) is 0 Å². The van der Waals surface area contributed by atoms with E-state index in [4.69, 9.17) is 4.74 Å². The van der Waals surface area contributed by atoms with Crippen molar-refractivity contribution in [2.24, 2.45) is 0 Å². The van der Waals surface area contributed by atoms with E-state index in [9.17, 15) is 19.8 Å². The second-order valence-corrected chi connectivity index (χ2v) is 28.1. The van der Waals surface area contributed by atoms with Crippen LogP contribution >= 0.6 is 0 Å². The van der Waals surface area contributed by atoms with Crippen molar-refractivity contribution in [1.82, 2.24) is 5.32 Å². The zero-order chi connectivity index (χ0) is 62.8. The largest absolute Gasteiger partial charge is 0.466 e. The van der Waals surface area contributed by atoms with E-state index in [1.165, 1.54) is 405 Å². The van der Waals surface area contributed by atoms with Crippen molar-refractivity contribution in [3.8, 4) is 0 Å². The number of nitrogens with one attached hydrogen (secondary N) is 1. The summed E-state index contributed by atoms with van der Waals surface area (Å²) >= 11 is 0. The maximum atomic E-state index is 12.5. The Balaban J connectivity index is 3.30. The summed E-state index contributed by atoms with van der Waals surface area (Å²) in [6.07, 6.45) is 97.8. The average Bonchev–Trinajstić information content (AvgIpc) is 3.54. The van der Waals surface area contributed by atoms with Crippen LogP contribution < -0.4 is 5.32 Å². The first-order valence-electron chi connectivity index (χ1n) is 40.5. The highest BCUT2D eigenvalue weighted by Gasteiger charge is 2.18. The molecule has 6 heteroatoms. The van der Waals surface area contributed by atoms with Gasteiger partial charge in [-0.25, -0.2) is 0 Å². The Morgan fingerprint density at radius 2 is 0.529 bits per heavy atom. The molecule has 0 aliphatic carbocycles. The summed E-state index contributed by atoms with van der Waals surface area (Å²) in [4.78, 5) is 24.6. The molecule has 2 atom stereocenters. The van der Waals surface area contributed by atoms with Crippen molar-refractivity contribution in [3.05, 3.63) is 12.2 Å². The molecule has 87 heavy (non-hydrogen) atoms. The molecule has 6 nitrogen and oxygen atoms in total. The second kappa shape index (κ2) is 77.1. The van der Waals surface area contributed by atoms with E-state index in [1.807, 2.05) is 6.08 Å². The summed E-state index contributed by atoms with van der Waals surface area (Å²) in [5, 5.41) is 23.2. The number of carbonyl (C=O) groups is 2. The summed E-state index contributed by atoms with van der Waals surface area (Å²) in [6, 6.07) is -0.623. The SMILES string of the molecule is CCCCCCCCCCCCCCCCC/C=C/C(O)C(CO)NC(=O)CCCCCCCCCCCCCCCCCCCCCCCCCCCCCCCCCCCCCOC(=O)CCCCCCCCCCCCCCCCCCCC. The van der Waals surface area contributed by atoms with E-state index in [1.54, 1.807) is 6.08 Å². The first-order chi connectivity index (χ1) is 43.0. The molecule has 0 aliphatic rings. The predicted octanol–water partition coefficient (Wildman–Crippen LogP) is 26.7. The van der Waals surface area contributed by atoms with Crippen molar-refractivity contribution in [2.75, 3.05) is 13.2 Å². The fourth-order valence-electron chi connectivity index (χ4n) is 13.2. The summed E-state index contributed by atoms with van der Waals surface area (Å²) in [5.41, 5.74) is 0. The number of unbranched alkanes of at least 4 members (excludes halogenated alkanes) is 66. The maximum absolute atomic E-state index is 12.5. The van der Waals surface area contributed by atoms with Crippen LogP contribution in [-0.4, -0.2) is 47.4 Å². The van der Waals surface area contributed by atoms with Gasteiger partial charge in [0.1, 0.15) is 0 Å². The summed E-state index contributed by atoms with van der Waals surface area (Å²) in [5.74, 6) is -0.0304. The molecule has 0 fully saturated rings. The molecule has 0 aromatic carbocycles. The normalized spacial score (nSPS) is 12.5. The fourth-order valence-corrected chi connectivity index (χ4v) is 13.2. The van der Waals surface area contributed by atoms with Crippen LogP contribution in [-0.2, 0) is 14.3 Å². The molecule has 0 aliphatic heterocycles. The maximum Gasteiger partial charge on any atom is 0.305 e. The molecule has 0 bridgehead atoms. The zero-order valence-electron chi connectivity index (χ0n) is 59.5. The molecule has 0 saturated heterocycles. The Hall–Kier alpha value is -1.40. The zero-order valence-corrected chi connectivity index (χ0v) is 59.5. The van der Waals surface area contributed by atoms with E-state index in [2.05, 4.69) is 19.2 Å². The molecular weight excluding hydrogens is 1070 g/mol. The molecule has 3 N–H and O–H groups in total. The standard InChI is InChI=1S/C81H159NO5/c1-3-5-7-9-11-13-15-17-19-21-43-47-51-55-59-63-67-71-75-81(86)87-76-72-68-64-60-56-52-48-44-40-38-36-34-32-30-28-26-24-22-23-25-27-29-31-33-35-37-39-42-46-50-54-58-62-66-70-74-80(85)82-78(77-83)79(84)73-69-65-61-57-53-49-45-41-20-18-16-14-12-10-8-6-4-2/h69,73,78-79,83-84H,3-68,70-72,74-77H2,1-2H3,(H,82,85)/b73-69+. The molecule has 518 valence electrons. The van der Waals surface area contributed by atoms with Crippen LogP contribution in [0.4, 0.5) is 0 Å². The second-order valence-electron chi connectivity index (χ2n) is 28.1. The van der Waals surface area contributed by atoms with Gasteiger partial charge in [0.25, 0.3) is 0 Å². The Morgan fingerprint density at radius 3 is 0.782 bits per heavy atom. The quantitative estimate of drug-likeness (QED) is 0.0320. The lowest BCUT2D eigenvalue weighted by Crippen LogP contribution is -2.45. The van der Waals surface area contributed by atoms with Crippen LogP contribution in [0, 0.1) is 0 Å². The lowest BCUT2D eigenvalue weighted by molar-refractivity contribution is -0.143. The highest BCUT2D eigenvalue weighted by Crippen LogP contribution is 2.20. The lowest BCUT2D eigenvalue weighted by Gasteiger charge is -2.20. The van der Waals surface area contributed by atoms with Crippen LogP contribution in [0.5, 0.6) is 0 Å². The third-order valence-electron chi connectivity index (χ3n) is 19.3. The average molecular weight is 1230 g/mol. The number of allylic oxidation sites excluding steroid dienone is 1. The molecule has 0 spiro atoms. The molecule has 0 rings (SSSR count). The summed E-state index contributed by atoms with van der Waals surface area (Å²) in [6.45, 7) is 4.97. The molecule has 0 aromatic heterocycles. The van der Waals surface area contributed by atoms with Crippen LogP contribution in [0.25, 0.3) is 0 Å². The number of hydrogen-bond acceptors (Lipinski definition) is 5. The van der Waals surface area contributed by atoms with Crippen molar-refractivity contribution in [3.63, 3.8) is 0 Å². The van der Waals surface area contributed by atoms with E-state index < -0.39 is 12.1 Å². The minimum Gasteiger partial charge on any atom is -0.466 e. The number of rotatable bonds is 77. The number of aliphatic hydroxyl groups is 2. The van der Waals surface area contributed by atoms with Crippen LogP contribution in [0.15, 0.2) is 12.2 Å². The summed E-state index contributed by atoms with van der Waals surface area (Å²) < 4.78 is 5.52. The smallest absolute Gasteiger partial charge is 0.305 e.